The lowest BCUT2D eigenvalue weighted by molar-refractivity contribution is 0.600. The van der Waals surface area contributed by atoms with E-state index >= 15 is 0 Å². The summed E-state index contributed by atoms with van der Waals surface area (Å²) in [5.41, 5.74) is 5.28. The number of aromatic nitrogens is 1. The van der Waals surface area contributed by atoms with E-state index in [1.807, 2.05) is 0 Å². The molecule has 0 aliphatic heterocycles. The molecule has 0 saturated heterocycles. The maximum atomic E-state index is 13.2. The molecule has 106 valence electrons. The van der Waals surface area contributed by atoms with Crippen LogP contribution in [0.5, 0.6) is 0 Å². The van der Waals surface area contributed by atoms with Crippen LogP contribution in [0.3, 0.4) is 0 Å². The Balaban J connectivity index is 2.47. The molecule has 0 saturated carbocycles. The van der Waals surface area contributed by atoms with Gasteiger partial charge in [-0.25, -0.2) is 17.8 Å². The average Bonchev–Trinajstić information content (AvgIpc) is 2.36. The third kappa shape index (κ3) is 3.02. The molecule has 5 nitrogen and oxygen atoms in total. The van der Waals surface area contributed by atoms with Crippen molar-refractivity contribution in [1.29, 1.82) is 0 Å². The third-order valence-electron chi connectivity index (χ3n) is 2.34. The molecular formula is C11H8BrClFN3O2S. The molecular weight excluding hydrogens is 373 g/mol. The zero-order valence-electron chi connectivity index (χ0n) is 9.77. The van der Waals surface area contributed by atoms with E-state index < -0.39 is 15.8 Å². The van der Waals surface area contributed by atoms with E-state index in [-0.39, 0.29) is 21.3 Å². The molecule has 1 heterocycles. The van der Waals surface area contributed by atoms with E-state index in [1.54, 1.807) is 6.07 Å². The molecule has 9 heteroatoms. The summed E-state index contributed by atoms with van der Waals surface area (Å²) in [6.07, 6.45) is 1.49. The van der Waals surface area contributed by atoms with Gasteiger partial charge in [-0.2, -0.15) is 0 Å². The van der Waals surface area contributed by atoms with Crippen molar-refractivity contribution in [3.63, 3.8) is 0 Å². The van der Waals surface area contributed by atoms with Gasteiger partial charge in [0.2, 0.25) is 0 Å². The topological polar surface area (TPSA) is 85.1 Å². The number of benzene rings is 1. The molecule has 0 amide bonds. The molecule has 0 spiro atoms. The summed E-state index contributed by atoms with van der Waals surface area (Å²) in [7, 11) is -4.00. The van der Waals surface area contributed by atoms with E-state index in [0.29, 0.717) is 4.60 Å². The Morgan fingerprint density at radius 1 is 1.40 bits per heavy atom. The molecule has 0 aliphatic carbocycles. The lowest BCUT2D eigenvalue weighted by Crippen LogP contribution is -2.14. The van der Waals surface area contributed by atoms with Gasteiger partial charge in [0.1, 0.15) is 15.3 Å². The smallest absolute Gasteiger partial charge is 0.263 e. The number of rotatable bonds is 3. The average molecular weight is 381 g/mol. The highest BCUT2D eigenvalue weighted by atomic mass is 79.9. The highest BCUT2D eigenvalue weighted by Crippen LogP contribution is 2.29. The third-order valence-corrected chi connectivity index (χ3v) is 4.81. The van der Waals surface area contributed by atoms with Gasteiger partial charge in [0.05, 0.1) is 16.4 Å². The molecule has 0 aliphatic rings. The van der Waals surface area contributed by atoms with Crippen LogP contribution in [0.4, 0.5) is 15.8 Å². The SMILES string of the molecule is Nc1cc(S(=O)(=O)Nc2cccnc2Br)c(Cl)cc1F. The first-order valence-electron chi connectivity index (χ1n) is 5.19. The zero-order chi connectivity index (χ0) is 14.9. The van der Waals surface area contributed by atoms with Crippen molar-refractivity contribution in [2.24, 2.45) is 0 Å². The number of nitrogens with zero attached hydrogens (tertiary/aromatic N) is 1. The van der Waals surface area contributed by atoms with Gasteiger partial charge < -0.3 is 5.73 Å². The highest BCUT2D eigenvalue weighted by Gasteiger charge is 2.21. The molecule has 2 rings (SSSR count). The lowest BCUT2D eigenvalue weighted by Gasteiger charge is -2.11. The molecule has 0 atom stereocenters. The standard InChI is InChI=1S/C11H8BrClFN3O2S/c12-11-9(2-1-3-16-11)17-20(18,19)10-5-8(15)7(14)4-6(10)13/h1-5,17H,15H2. The van der Waals surface area contributed by atoms with Crippen LogP contribution in [0.15, 0.2) is 40.0 Å². The van der Waals surface area contributed by atoms with Crippen molar-refractivity contribution in [2.75, 3.05) is 10.5 Å². The van der Waals surface area contributed by atoms with Crippen LogP contribution < -0.4 is 10.5 Å². The summed E-state index contributed by atoms with van der Waals surface area (Å²) >= 11 is 8.86. The Kier molecular flexibility index (Phi) is 4.17. The first kappa shape index (κ1) is 15.0. The Morgan fingerprint density at radius 3 is 2.75 bits per heavy atom. The van der Waals surface area contributed by atoms with Crippen molar-refractivity contribution >= 4 is 48.9 Å². The summed E-state index contributed by atoms with van der Waals surface area (Å²) in [5.74, 6) is -0.781. The fraction of sp³-hybridized carbons (Fsp3) is 0. The molecule has 3 N–H and O–H groups in total. The quantitative estimate of drug-likeness (QED) is 0.633. The van der Waals surface area contributed by atoms with Crippen molar-refractivity contribution in [2.45, 2.75) is 4.90 Å². The summed E-state index contributed by atoms with van der Waals surface area (Å²) < 4.78 is 40.2. The van der Waals surface area contributed by atoms with E-state index in [0.717, 1.165) is 12.1 Å². The molecule has 20 heavy (non-hydrogen) atoms. The first-order valence-corrected chi connectivity index (χ1v) is 7.84. The Labute approximate surface area is 128 Å². The second-order valence-electron chi connectivity index (χ2n) is 3.75. The Hall–Kier alpha value is -1.38. The van der Waals surface area contributed by atoms with Crippen molar-refractivity contribution < 1.29 is 12.8 Å². The number of anilines is 2. The number of halogens is 3. The Bertz CT molecular complexity index is 770. The van der Waals surface area contributed by atoms with Crippen LogP contribution in [0.2, 0.25) is 5.02 Å². The van der Waals surface area contributed by atoms with Crippen molar-refractivity contribution in [3.05, 3.63) is 45.9 Å². The number of sulfonamides is 1. The van der Waals surface area contributed by atoms with Crippen molar-refractivity contribution in [3.8, 4) is 0 Å². The lowest BCUT2D eigenvalue weighted by atomic mass is 10.3. The molecule has 0 fully saturated rings. The number of hydrogen-bond donors (Lipinski definition) is 2. The monoisotopic (exact) mass is 379 g/mol. The minimum atomic E-state index is -4.00. The maximum Gasteiger partial charge on any atom is 0.263 e. The number of pyridine rings is 1. The number of nitrogen functional groups attached to an aromatic ring is 1. The van der Waals surface area contributed by atoms with Crippen LogP contribution in [0.1, 0.15) is 0 Å². The largest absolute Gasteiger partial charge is 0.396 e. The predicted molar refractivity (Wildman–Crippen MR) is 78.6 cm³/mol. The summed E-state index contributed by atoms with van der Waals surface area (Å²) in [4.78, 5) is 3.57. The van der Waals surface area contributed by atoms with Gasteiger partial charge in [-0.05, 0) is 40.2 Å². The van der Waals surface area contributed by atoms with Gasteiger partial charge in [-0.15, -0.1) is 0 Å². The second kappa shape index (κ2) is 5.55. The zero-order valence-corrected chi connectivity index (χ0v) is 12.9. The summed E-state index contributed by atoms with van der Waals surface area (Å²) in [6.45, 7) is 0. The second-order valence-corrected chi connectivity index (χ2v) is 6.56. The van der Waals surface area contributed by atoms with Gasteiger partial charge in [-0.3, -0.25) is 4.72 Å². The Morgan fingerprint density at radius 2 is 2.10 bits per heavy atom. The van der Waals surface area contributed by atoms with E-state index in [9.17, 15) is 12.8 Å². The molecule has 1 aromatic heterocycles. The first-order chi connectivity index (χ1) is 9.31. The van der Waals surface area contributed by atoms with E-state index in [1.165, 1.54) is 12.3 Å². The van der Waals surface area contributed by atoms with Gasteiger partial charge in [-0.1, -0.05) is 11.6 Å². The minimum Gasteiger partial charge on any atom is -0.396 e. The van der Waals surface area contributed by atoms with Crippen LogP contribution in [0, 0.1) is 5.82 Å². The molecule has 0 unspecified atom stereocenters. The van der Waals surface area contributed by atoms with E-state index in [2.05, 4.69) is 25.6 Å². The molecule has 1 aromatic carbocycles. The van der Waals surface area contributed by atoms with Crippen LogP contribution in [0.25, 0.3) is 0 Å². The molecule has 2 aromatic rings. The van der Waals surface area contributed by atoms with Crippen molar-refractivity contribution in [1.82, 2.24) is 4.98 Å². The van der Waals surface area contributed by atoms with Gasteiger partial charge >= 0.3 is 0 Å². The summed E-state index contributed by atoms with van der Waals surface area (Å²) in [6, 6.07) is 4.88. The maximum absolute atomic E-state index is 13.2. The highest BCUT2D eigenvalue weighted by molar-refractivity contribution is 9.10. The van der Waals surface area contributed by atoms with Gasteiger partial charge in [0.25, 0.3) is 10.0 Å². The van der Waals surface area contributed by atoms with E-state index in [4.69, 9.17) is 17.3 Å². The van der Waals surface area contributed by atoms with Gasteiger partial charge in [0.15, 0.2) is 0 Å². The predicted octanol–water partition coefficient (Wildman–Crippen LogP) is 3.02. The summed E-state index contributed by atoms with van der Waals surface area (Å²) in [5, 5.41) is -0.260. The number of hydrogen-bond acceptors (Lipinski definition) is 4. The molecule has 0 bridgehead atoms. The molecule has 0 radical (unpaired) electrons. The fourth-order valence-electron chi connectivity index (χ4n) is 1.41. The number of nitrogens with one attached hydrogen (secondary N) is 1. The normalized spacial score (nSPS) is 11.3. The van der Waals surface area contributed by atoms with Crippen LogP contribution >= 0.6 is 27.5 Å². The minimum absolute atomic E-state index is 0.228. The fourth-order valence-corrected chi connectivity index (χ4v) is 3.51. The van der Waals surface area contributed by atoms with Gasteiger partial charge in [0, 0.05) is 6.20 Å². The number of nitrogens with two attached hydrogens (primary N) is 1. The van der Waals surface area contributed by atoms with Crippen LogP contribution in [-0.2, 0) is 10.0 Å². The van der Waals surface area contributed by atoms with Crippen LogP contribution in [-0.4, -0.2) is 13.4 Å².